The summed E-state index contributed by atoms with van der Waals surface area (Å²) in [5.41, 5.74) is 4.47. The van der Waals surface area contributed by atoms with Crippen LogP contribution >= 0.6 is 23.4 Å². The Kier molecular flexibility index (Phi) is 4.84. The van der Waals surface area contributed by atoms with Gasteiger partial charge in [-0.25, -0.2) is 20.4 Å². The highest BCUT2D eigenvalue weighted by Gasteiger charge is 2.08. The number of thioether (sulfide) groups is 1. The number of carbonyl (C=O) groups is 1. The van der Waals surface area contributed by atoms with Gasteiger partial charge in [-0.3, -0.25) is 4.79 Å². The van der Waals surface area contributed by atoms with Gasteiger partial charge in [0.25, 0.3) is 0 Å². The number of halogens is 1. The highest BCUT2D eigenvalue weighted by atomic mass is 35.5. The standard InChI is InChI=1S/C14H11ClN6OS/c15-10-4-2-1-3-9(10)5-20-21-11(22)6-23-14-12-13(17-7-16-12)18-8-19-14/h1-5,7-8H,6H2,(H,21,22)(H,16,17,18,19)/b20-5+. The number of benzene rings is 1. The van der Waals surface area contributed by atoms with Gasteiger partial charge in [0.1, 0.15) is 16.9 Å². The minimum atomic E-state index is -0.246. The van der Waals surface area contributed by atoms with Crippen LogP contribution in [-0.4, -0.2) is 37.8 Å². The number of nitrogens with one attached hydrogen (secondary N) is 2. The van der Waals surface area contributed by atoms with E-state index in [9.17, 15) is 4.79 Å². The lowest BCUT2D eigenvalue weighted by atomic mass is 10.2. The summed E-state index contributed by atoms with van der Waals surface area (Å²) in [5.74, 6) is -0.0741. The molecule has 0 radical (unpaired) electrons. The van der Waals surface area contributed by atoms with Crippen molar-refractivity contribution in [2.45, 2.75) is 5.03 Å². The molecule has 1 aromatic carbocycles. The van der Waals surface area contributed by atoms with E-state index >= 15 is 0 Å². The van der Waals surface area contributed by atoms with Crippen molar-refractivity contribution in [2.75, 3.05) is 5.75 Å². The molecule has 7 nitrogen and oxygen atoms in total. The van der Waals surface area contributed by atoms with Crippen LogP contribution in [0.5, 0.6) is 0 Å². The van der Waals surface area contributed by atoms with Gasteiger partial charge in [-0.2, -0.15) is 5.10 Å². The molecule has 2 heterocycles. The van der Waals surface area contributed by atoms with Crippen molar-refractivity contribution in [3.63, 3.8) is 0 Å². The third-order valence-corrected chi connectivity index (χ3v) is 4.16. The van der Waals surface area contributed by atoms with Gasteiger partial charge in [0.2, 0.25) is 5.91 Å². The number of hydrogen-bond acceptors (Lipinski definition) is 6. The number of nitrogens with zero attached hydrogens (tertiary/aromatic N) is 4. The maximum atomic E-state index is 11.8. The van der Waals surface area contributed by atoms with Gasteiger partial charge in [-0.15, -0.1) is 0 Å². The Hall–Kier alpha value is -2.45. The summed E-state index contributed by atoms with van der Waals surface area (Å²) in [6.07, 6.45) is 4.46. The van der Waals surface area contributed by atoms with Gasteiger partial charge in [0, 0.05) is 10.6 Å². The van der Waals surface area contributed by atoms with Crippen molar-refractivity contribution in [1.29, 1.82) is 0 Å². The summed E-state index contributed by atoms with van der Waals surface area (Å²) in [4.78, 5) is 27.0. The molecule has 9 heteroatoms. The van der Waals surface area contributed by atoms with Gasteiger partial charge < -0.3 is 4.98 Å². The lowest BCUT2D eigenvalue weighted by Crippen LogP contribution is -2.19. The molecule has 0 bridgehead atoms. The molecule has 116 valence electrons. The number of aromatic nitrogens is 4. The van der Waals surface area contributed by atoms with Crippen LogP contribution in [0.15, 0.2) is 47.0 Å². The monoisotopic (exact) mass is 346 g/mol. The van der Waals surface area contributed by atoms with Crippen molar-refractivity contribution < 1.29 is 4.79 Å². The van der Waals surface area contributed by atoms with E-state index in [2.05, 4.69) is 30.5 Å². The molecule has 0 aliphatic heterocycles. The fourth-order valence-corrected chi connectivity index (χ4v) is 2.71. The first kappa shape index (κ1) is 15.4. The Morgan fingerprint density at radius 1 is 1.35 bits per heavy atom. The Bertz CT molecular complexity index is 865. The van der Waals surface area contributed by atoms with Crippen LogP contribution in [0.25, 0.3) is 11.2 Å². The zero-order valence-electron chi connectivity index (χ0n) is 11.7. The number of hydrogen-bond donors (Lipinski definition) is 2. The normalized spacial score (nSPS) is 11.2. The molecule has 0 aliphatic rings. The van der Waals surface area contributed by atoms with Gasteiger partial charge in [0.15, 0.2) is 5.65 Å². The Balaban J connectivity index is 1.56. The second-order valence-electron chi connectivity index (χ2n) is 4.38. The molecule has 3 aromatic rings. The summed E-state index contributed by atoms with van der Waals surface area (Å²) < 4.78 is 0. The van der Waals surface area contributed by atoms with E-state index in [1.807, 2.05) is 18.2 Å². The molecule has 0 spiro atoms. The first-order valence-corrected chi connectivity index (χ1v) is 7.93. The fourth-order valence-electron chi connectivity index (χ4n) is 1.77. The molecule has 0 saturated heterocycles. The largest absolute Gasteiger partial charge is 0.341 e. The van der Waals surface area contributed by atoms with Crippen LogP contribution in [0.4, 0.5) is 0 Å². The smallest absolute Gasteiger partial charge is 0.250 e. The highest BCUT2D eigenvalue weighted by molar-refractivity contribution is 8.00. The van der Waals surface area contributed by atoms with E-state index in [-0.39, 0.29) is 11.7 Å². The molecular weight excluding hydrogens is 336 g/mol. The molecule has 1 amide bonds. The topological polar surface area (TPSA) is 95.9 Å². The molecule has 0 unspecified atom stereocenters. The summed E-state index contributed by atoms with van der Waals surface area (Å²) in [7, 11) is 0. The highest BCUT2D eigenvalue weighted by Crippen LogP contribution is 2.21. The van der Waals surface area contributed by atoms with Crippen LogP contribution in [0.3, 0.4) is 0 Å². The quantitative estimate of drug-likeness (QED) is 0.320. The van der Waals surface area contributed by atoms with Crippen LogP contribution in [0.1, 0.15) is 5.56 Å². The van der Waals surface area contributed by atoms with E-state index in [1.165, 1.54) is 30.6 Å². The maximum Gasteiger partial charge on any atom is 0.250 e. The number of hydrazone groups is 1. The summed E-state index contributed by atoms with van der Waals surface area (Å²) in [5, 5.41) is 5.13. The predicted molar refractivity (Wildman–Crippen MR) is 89.6 cm³/mol. The van der Waals surface area contributed by atoms with Crippen molar-refractivity contribution in [3.8, 4) is 0 Å². The summed E-state index contributed by atoms with van der Waals surface area (Å²) in [6, 6.07) is 7.23. The number of H-pyrrole nitrogens is 1. The molecule has 0 aliphatic carbocycles. The number of carbonyl (C=O) groups excluding carboxylic acids is 1. The molecule has 2 aromatic heterocycles. The van der Waals surface area contributed by atoms with Gasteiger partial charge in [-0.05, 0) is 6.07 Å². The SMILES string of the molecule is O=C(CSc1ncnc2nc[nH]c12)N/N=C/c1ccccc1Cl. The first-order chi connectivity index (χ1) is 11.2. The third-order valence-electron chi connectivity index (χ3n) is 2.83. The van der Waals surface area contributed by atoms with Gasteiger partial charge in [0.05, 0.1) is 18.3 Å². The molecule has 3 rings (SSSR count). The Morgan fingerprint density at radius 2 is 2.22 bits per heavy atom. The Morgan fingerprint density at radius 3 is 3.09 bits per heavy atom. The molecule has 0 saturated carbocycles. The van der Waals surface area contributed by atoms with Crippen molar-refractivity contribution in [2.24, 2.45) is 5.10 Å². The molecule has 23 heavy (non-hydrogen) atoms. The minimum Gasteiger partial charge on any atom is -0.341 e. The lowest BCUT2D eigenvalue weighted by Gasteiger charge is -2.01. The van der Waals surface area contributed by atoms with Gasteiger partial charge >= 0.3 is 0 Å². The molecular formula is C14H11ClN6OS. The van der Waals surface area contributed by atoms with E-state index in [0.29, 0.717) is 21.2 Å². The van der Waals surface area contributed by atoms with E-state index in [0.717, 1.165) is 5.56 Å². The van der Waals surface area contributed by atoms with Crippen LogP contribution in [-0.2, 0) is 4.79 Å². The first-order valence-electron chi connectivity index (χ1n) is 6.57. The number of imidazole rings is 1. The fraction of sp³-hybridized carbons (Fsp3) is 0.0714. The van der Waals surface area contributed by atoms with Crippen LogP contribution in [0, 0.1) is 0 Å². The molecule has 0 atom stereocenters. The van der Waals surface area contributed by atoms with E-state index < -0.39 is 0 Å². The maximum absolute atomic E-state index is 11.8. The average molecular weight is 347 g/mol. The van der Waals surface area contributed by atoms with E-state index in [4.69, 9.17) is 11.6 Å². The van der Waals surface area contributed by atoms with Crippen molar-refractivity contribution in [3.05, 3.63) is 47.5 Å². The number of amides is 1. The minimum absolute atomic E-state index is 0.172. The Labute approximate surface area is 140 Å². The second kappa shape index (κ2) is 7.21. The van der Waals surface area contributed by atoms with Crippen molar-refractivity contribution in [1.82, 2.24) is 25.4 Å². The zero-order chi connectivity index (χ0) is 16.1. The molecule has 2 N–H and O–H groups in total. The lowest BCUT2D eigenvalue weighted by molar-refractivity contribution is -0.118. The zero-order valence-corrected chi connectivity index (χ0v) is 13.3. The third kappa shape index (κ3) is 3.85. The summed E-state index contributed by atoms with van der Waals surface area (Å²) in [6.45, 7) is 0. The van der Waals surface area contributed by atoms with Gasteiger partial charge in [-0.1, -0.05) is 41.6 Å². The summed E-state index contributed by atoms with van der Waals surface area (Å²) >= 11 is 7.27. The predicted octanol–water partition coefficient (Wildman–Crippen LogP) is 2.25. The molecule has 0 fully saturated rings. The van der Waals surface area contributed by atoms with Crippen LogP contribution in [0.2, 0.25) is 5.02 Å². The number of rotatable bonds is 5. The van der Waals surface area contributed by atoms with Crippen LogP contribution < -0.4 is 5.43 Å². The van der Waals surface area contributed by atoms with Crippen molar-refractivity contribution >= 4 is 46.6 Å². The second-order valence-corrected chi connectivity index (χ2v) is 5.75. The number of aromatic amines is 1. The average Bonchev–Trinajstić information content (AvgIpc) is 3.04. The number of fused-ring (bicyclic) bond motifs is 1. The van der Waals surface area contributed by atoms with E-state index in [1.54, 1.807) is 6.07 Å².